The van der Waals surface area contributed by atoms with Crippen LogP contribution >= 0.6 is 0 Å². The number of nitrogens with one attached hydrogen (secondary N) is 1. The third-order valence-electron chi connectivity index (χ3n) is 3.83. The maximum Gasteiger partial charge on any atom is 0.146 e. The summed E-state index contributed by atoms with van der Waals surface area (Å²) in [5.74, 6) is -0.142. The zero-order chi connectivity index (χ0) is 14.5. The normalized spacial score (nSPS) is 17.0. The fourth-order valence-electron chi connectivity index (χ4n) is 2.53. The van der Waals surface area contributed by atoms with Gasteiger partial charge in [0.15, 0.2) is 0 Å². The number of likely N-dealkylation sites (tertiary alicyclic amines) is 1. The van der Waals surface area contributed by atoms with Crippen molar-refractivity contribution in [3.63, 3.8) is 0 Å². The minimum atomic E-state index is -0.142. The number of rotatable bonds is 4. The molecule has 0 spiro atoms. The molecular weight excluding hydrogens is 251 g/mol. The van der Waals surface area contributed by atoms with Gasteiger partial charge in [0.1, 0.15) is 5.82 Å². The third kappa shape index (κ3) is 4.34. The fourth-order valence-corrected chi connectivity index (χ4v) is 2.53. The summed E-state index contributed by atoms with van der Waals surface area (Å²) in [6.45, 7) is 9.37. The van der Waals surface area contributed by atoms with Crippen molar-refractivity contribution < 1.29 is 4.39 Å². The molecule has 2 nitrogen and oxygen atoms in total. The summed E-state index contributed by atoms with van der Waals surface area (Å²) < 4.78 is 13.8. The summed E-state index contributed by atoms with van der Waals surface area (Å²) in [7, 11) is 0. The summed E-state index contributed by atoms with van der Waals surface area (Å²) in [6, 6.07) is 5.78. The van der Waals surface area contributed by atoms with Crippen molar-refractivity contribution in [1.29, 1.82) is 0 Å². The van der Waals surface area contributed by atoms with Gasteiger partial charge < -0.3 is 5.32 Å². The highest BCUT2D eigenvalue weighted by Crippen LogP contribution is 2.20. The Kier molecular flexibility index (Phi) is 5.18. The predicted molar refractivity (Wildman–Crippen MR) is 83.7 cm³/mol. The van der Waals surface area contributed by atoms with E-state index < -0.39 is 0 Å². The van der Waals surface area contributed by atoms with Crippen molar-refractivity contribution in [1.82, 2.24) is 4.90 Å². The van der Waals surface area contributed by atoms with Gasteiger partial charge in [0, 0.05) is 25.7 Å². The number of nitrogens with zero attached hydrogens (tertiary/aromatic N) is 1. The van der Waals surface area contributed by atoms with Crippen LogP contribution in [0.25, 0.3) is 0 Å². The molecule has 0 aromatic heterocycles. The largest absolute Gasteiger partial charge is 0.380 e. The second kappa shape index (κ2) is 6.89. The number of anilines is 1. The fraction of sp³-hybridized carbons (Fsp3) is 0.529. The summed E-state index contributed by atoms with van der Waals surface area (Å²) in [5, 5.41) is 3.34. The topological polar surface area (TPSA) is 15.3 Å². The molecule has 1 aromatic rings. The van der Waals surface area contributed by atoms with Gasteiger partial charge in [-0.1, -0.05) is 17.7 Å². The Labute approximate surface area is 121 Å². The number of allylic oxidation sites excluding steroid dienone is 1. The van der Waals surface area contributed by atoms with Gasteiger partial charge in [0.25, 0.3) is 0 Å². The van der Waals surface area contributed by atoms with E-state index in [9.17, 15) is 4.39 Å². The number of benzene rings is 1. The van der Waals surface area contributed by atoms with E-state index in [0.29, 0.717) is 11.7 Å². The zero-order valence-corrected chi connectivity index (χ0v) is 12.7. The second-order valence-corrected chi connectivity index (χ2v) is 5.98. The average molecular weight is 276 g/mol. The van der Waals surface area contributed by atoms with Crippen LogP contribution in [0.3, 0.4) is 0 Å². The minimum absolute atomic E-state index is 0.142. The van der Waals surface area contributed by atoms with E-state index in [1.807, 2.05) is 19.1 Å². The van der Waals surface area contributed by atoms with Crippen molar-refractivity contribution in [2.24, 2.45) is 0 Å². The first-order valence-electron chi connectivity index (χ1n) is 7.43. The van der Waals surface area contributed by atoms with E-state index in [1.54, 1.807) is 6.07 Å². The Hall–Kier alpha value is -1.35. The maximum atomic E-state index is 13.8. The lowest BCUT2D eigenvalue weighted by atomic mass is 10.0. The highest BCUT2D eigenvalue weighted by atomic mass is 19.1. The molecule has 1 saturated heterocycles. The second-order valence-electron chi connectivity index (χ2n) is 5.98. The molecule has 0 unspecified atom stereocenters. The van der Waals surface area contributed by atoms with Gasteiger partial charge in [-0.25, -0.2) is 4.39 Å². The molecule has 0 atom stereocenters. The summed E-state index contributed by atoms with van der Waals surface area (Å²) in [5.41, 5.74) is 2.97. The Bertz CT molecular complexity index is 470. The van der Waals surface area contributed by atoms with Gasteiger partial charge >= 0.3 is 0 Å². The zero-order valence-electron chi connectivity index (χ0n) is 12.7. The van der Waals surface area contributed by atoms with E-state index in [1.165, 1.54) is 5.57 Å². The molecule has 0 bridgehead atoms. The van der Waals surface area contributed by atoms with E-state index >= 15 is 0 Å². The van der Waals surface area contributed by atoms with Crippen LogP contribution in [0.1, 0.15) is 32.3 Å². The lowest BCUT2D eigenvalue weighted by molar-refractivity contribution is 0.239. The highest BCUT2D eigenvalue weighted by Gasteiger charge is 2.19. The maximum absolute atomic E-state index is 13.8. The van der Waals surface area contributed by atoms with Crippen LogP contribution in [0.2, 0.25) is 0 Å². The van der Waals surface area contributed by atoms with Crippen molar-refractivity contribution in [3.05, 3.63) is 41.2 Å². The van der Waals surface area contributed by atoms with Gasteiger partial charge in [-0.15, -0.1) is 0 Å². The minimum Gasteiger partial charge on any atom is -0.380 e. The van der Waals surface area contributed by atoms with Gasteiger partial charge in [-0.3, -0.25) is 4.90 Å². The van der Waals surface area contributed by atoms with E-state index in [4.69, 9.17) is 0 Å². The summed E-state index contributed by atoms with van der Waals surface area (Å²) in [4.78, 5) is 2.46. The van der Waals surface area contributed by atoms with Gasteiger partial charge in [0.05, 0.1) is 5.69 Å². The van der Waals surface area contributed by atoms with E-state index in [2.05, 4.69) is 30.1 Å². The molecule has 1 aliphatic heterocycles. The monoisotopic (exact) mass is 276 g/mol. The van der Waals surface area contributed by atoms with E-state index in [0.717, 1.165) is 38.0 Å². The molecule has 20 heavy (non-hydrogen) atoms. The molecule has 110 valence electrons. The van der Waals surface area contributed by atoms with Gasteiger partial charge in [0.2, 0.25) is 0 Å². The molecule has 0 aliphatic carbocycles. The number of halogens is 1. The SMILES string of the molecule is CC(C)=CCN1CCC(Nc2ccc(C)cc2F)CC1. The Morgan fingerprint density at radius 1 is 1.35 bits per heavy atom. The average Bonchev–Trinajstić information content (AvgIpc) is 2.41. The molecule has 0 amide bonds. The van der Waals surface area contributed by atoms with Crippen LogP contribution in [0.4, 0.5) is 10.1 Å². The summed E-state index contributed by atoms with van der Waals surface area (Å²) >= 11 is 0. The number of aryl methyl sites for hydroxylation is 1. The molecule has 1 aromatic carbocycles. The number of piperidine rings is 1. The number of hydrogen-bond acceptors (Lipinski definition) is 2. The first-order valence-corrected chi connectivity index (χ1v) is 7.43. The predicted octanol–water partition coefficient (Wildman–Crippen LogP) is 3.98. The van der Waals surface area contributed by atoms with Crippen molar-refractivity contribution in [3.8, 4) is 0 Å². The molecule has 0 saturated carbocycles. The Morgan fingerprint density at radius 3 is 2.65 bits per heavy atom. The van der Waals surface area contributed by atoms with Gasteiger partial charge in [-0.05, 0) is 51.3 Å². The van der Waals surface area contributed by atoms with Crippen molar-refractivity contribution in [2.45, 2.75) is 39.7 Å². The molecule has 1 fully saturated rings. The smallest absolute Gasteiger partial charge is 0.146 e. The standard InChI is InChI=1S/C17H25FN2/c1-13(2)6-9-20-10-7-15(8-11-20)19-17-5-4-14(3)12-16(17)18/h4-6,12,15,19H,7-11H2,1-3H3. The van der Waals surface area contributed by atoms with Crippen LogP contribution in [0.15, 0.2) is 29.8 Å². The Morgan fingerprint density at radius 2 is 2.05 bits per heavy atom. The van der Waals surface area contributed by atoms with Crippen molar-refractivity contribution in [2.75, 3.05) is 25.0 Å². The van der Waals surface area contributed by atoms with Crippen LogP contribution in [0.5, 0.6) is 0 Å². The van der Waals surface area contributed by atoms with Crippen LogP contribution < -0.4 is 5.32 Å². The third-order valence-corrected chi connectivity index (χ3v) is 3.83. The molecule has 2 rings (SSSR count). The Balaban J connectivity index is 1.83. The summed E-state index contributed by atoms with van der Waals surface area (Å²) in [6.07, 6.45) is 4.42. The highest BCUT2D eigenvalue weighted by molar-refractivity contribution is 5.47. The molecule has 0 radical (unpaired) electrons. The molecule has 1 aliphatic rings. The lowest BCUT2D eigenvalue weighted by Gasteiger charge is -2.32. The molecule has 3 heteroatoms. The lowest BCUT2D eigenvalue weighted by Crippen LogP contribution is -2.39. The first-order chi connectivity index (χ1) is 9.54. The van der Waals surface area contributed by atoms with Crippen molar-refractivity contribution >= 4 is 5.69 Å². The molecule has 1 heterocycles. The molecule has 1 N–H and O–H groups in total. The van der Waals surface area contributed by atoms with Gasteiger partial charge in [-0.2, -0.15) is 0 Å². The molecular formula is C17H25FN2. The first kappa shape index (κ1) is 15.0. The van der Waals surface area contributed by atoms with E-state index in [-0.39, 0.29) is 5.82 Å². The van der Waals surface area contributed by atoms with Crippen LogP contribution in [-0.2, 0) is 0 Å². The number of hydrogen-bond donors (Lipinski definition) is 1. The van der Waals surface area contributed by atoms with Crippen LogP contribution in [-0.4, -0.2) is 30.6 Å². The quantitative estimate of drug-likeness (QED) is 0.837. The van der Waals surface area contributed by atoms with Crippen LogP contribution in [0, 0.1) is 12.7 Å².